The van der Waals surface area contributed by atoms with Gasteiger partial charge >= 0.3 is 0 Å². The van der Waals surface area contributed by atoms with E-state index in [1.54, 1.807) is 0 Å². The zero-order chi connectivity index (χ0) is 10.7. The Morgan fingerprint density at radius 2 is 2.00 bits per heavy atom. The molecule has 2 atom stereocenters. The largest absolute Gasteiger partial charge is 0.356 e. The second-order valence-corrected chi connectivity index (χ2v) is 5.70. The molecule has 15 heavy (non-hydrogen) atoms. The molecule has 1 amide bonds. The van der Waals surface area contributed by atoms with E-state index in [1.807, 2.05) is 0 Å². The lowest BCUT2D eigenvalue weighted by Gasteiger charge is -2.24. The molecule has 2 fully saturated rings. The van der Waals surface area contributed by atoms with Gasteiger partial charge in [-0.3, -0.25) is 4.79 Å². The quantitative estimate of drug-likeness (QED) is 0.738. The topological polar surface area (TPSA) is 29.1 Å². The maximum atomic E-state index is 11.5. The normalized spacial score (nSPS) is 31.3. The lowest BCUT2D eigenvalue weighted by atomic mass is 9.83. The van der Waals surface area contributed by atoms with Gasteiger partial charge in [0.05, 0.1) is 0 Å². The van der Waals surface area contributed by atoms with Gasteiger partial charge in [-0.15, -0.1) is 11.6 Å². The zero-order valence-electron chi connectivity index (χ0n) is 9.18. The Balaban J connectivity index is 1.58. The molecule has 0 saturated heterocycles. The number of halogens is 1. The van der Waals surface area contributed by atoms with Gasteiger partial charge < -0.3 is 5.32 Å². The molecule has 3 heteroatoms. The van der Waals surface area contributed by atoms with Crippen molar-refractivity contribution in [1.82, 2.24) is 5.32 Å². The van der Waals surface area contributed by atoms with Crippen molar-refractivity contribution in [2.45, 2.75) is 50.3 Å². The van der Waals surface area contributed by atoms with Crippen LogP contribution in [-0.2, 0) is 4.79 Å². The second-order valence-electron chi connectivity index (χ2n) is 5.08. The molecule has 0 bridgehead atoms. The fraction of sp³-hybridized carbons (Fsp3) is 0.917. The smallest absolute Gasteiger partial charge is 0.220 e. The van der Waals surface area contributed by atoms with E-state index >= 15 is 0 Å². The Kier molecular flexibility index (Phi) is 3.90. The Morgan fingerprint density at radius 3 is 2.53 bits per heavy atom. The number of rotatable bonds is 4. The summed E-state index contributed by atoms with van der Waals surface area (Å²) in [5, 5.41) is 3.39. The van der Waals surface area contributed by atoms with Gasteiger partial charge in [0.1, 0.15) is 0 Å². The Bertz CT molecular complexity index is 228. The Morgan fingerprint density at radius 1 is 1.20 bits per heavy atom. The summed E-state index contributed by atoms with van der Waals surface area (Å²) < 4.78 is 0. The SMILES string of the molecule is O=C(CC1CCC1)NCC1CCC(Cl)C1. The van der Waals surface area contributed by atoms with Crippen LogP contribution in [0.15, 0.2) is 0 Å². The second kappa shape index (κ2) is 5.20. The minimum absolute atomic E-state index is 0.248. The molecule has 0 aromatic carbocycles. The summed E-state index contributed by atoms with van der Waals surface area (Å²) in [6.07, 6.45) is 7.93. The summed E-state index contributed by atoms with van der Waals surface area (Å²) in [4.78, 5) is 11.5. The highest BCUT2D eigenvalue weighted by atomic mass is 35.5. The molecule has 2 saturated carbocycles. The summed E-state index contributed by atoms with van der Waals surface area (Å²) in [6.45, 7) is 0.842. The first-order valence-corrected chi connectivity index (χ1v) is 6.58. The van der Waals surface area contributed by atoms with Gasteiger partial charge in [0, 0.05) is 18.3 Å². The molecule has 2 rings (SSSR count). The van der Waals surface area contributed by atoms with E-state index < -0.39 is 0 Å². The number of carbonyl (C=O) groups is 1. The summed E-state index contributed by atoms with van der Waals surface area (Å²) in [6, 6.07) is 0. The highest BCUT2D eigenvalue weighted by Gasteiger charge is 2.24. The standard InChI is InChI=1S/C12H20ClNO/c13-11-5-4-10(6-11)8-14-12(15)7-9-2-1-3-9/h9-11H,1-8H2,(H,14,15). The molecular weight excluding hydrogens is 210 g/mol. The fourth-order valence-corrected chi connectivity index (χ4v) is 2.87. The van der Waals surface area contributed by atoms with Crippen molar-refractivity contribution >= 4 is 17.5 Å². The zero-order valence-corrected chi connectivity index (χ0v) is 9.93. The van der Waals surface area contributed by atoms with Crippen molar-refractivity contribution in [3.63, 3.8) is 0 Å². The van der Waals surface area contributed by atoms with Crippen LogP contribution in [0.3, 0.4) is 0 Å². The van der Waals surface area contributed by atoms with Gasteiger partial charge in [-0.1, -0.05) is 6.42 Å². The molecule has 0 heterocycles. The molecule has 0 radical (unpaired) electrons. The Hall–Kier alpha value is -0.240. The molecule has 86 valence electrons. The van der Waals surface area contributed by atoms with Crippen LogP contribution < -0.4 is 5.32 Å². The van der Waals surface area contributed by atoms with Crippen LogP contribution in [0.25, 0.3) is 0 Å². The lowest BCUT2D eigenvalue weighted by molar-refractivity contribution is -0.122. The van der Waals surface area contributed by atoms with Crippen molar-refractivity contribution in [3.8, 4) is 0 Å². The maximum absolute atomic E-state index is 11.5. The number of amides is 1. The summed E-state index contributed by atoms with van der Waals surface area (Å²) >= 11 is 6.03. The maximum Gasteiger partial charge on any atom is 0.220 e. The van der Waals surface area contributed by atoms with Crippen LogP contribution in [0.1, 0.15) is 44.9 Å². The van der Waals surface area contributed by atoms with Crippen LogP contribution in [0.2, 0.25) is 0 Å². The van der Waals surface area contributed by atoms with Crippen molar-refractivity contribution < 1.29 is 4.79 Å². The number of alkyl halides is 1. The molecule has 0 aromatic heterocycles. The Labute approximate surface area is 96.8 Å². The molecule has 0 aromatic rings. The van der Waals surface area contributed by atoms with Gasteiger partial charge in [0.2, 0.25) is 5.91 Å². The van der Waals surface area contributed by atoms with Crippen molar-refractivity contribution in [2.24, 2.45) is 11.8 Å². The molecule has 0 spiro atoms. The van der Waals surface area contributed by atoms with Crippen molar-refractivity contribution in [2.75, 3.05) is 6.54 Å². The van der Waals surface area contributed by atoms with Crippen molar-refractivity contribution in [3.05, 3.63) is 0 Å². The first-order valence-electron chi connectivity index (χ1n) is 6.15. The van der Waals surface area contributed by atoms with Crippen LogP contribution >= 0.6 is 11.6 Å². The highest BCUT2D eigenvalue weighted by molar-refractivity contribution is 6.20. The van der Waals surface area contributed by atoms with Crippen LogP contribution in [0, 0.1) is 11.8 Å². The van der Waals surface area contributed by atoms with Gasteiger partial charge in [-0.05, 0) is 43.9 Å². The van der Waals surface area contributed by atoms with Gasteiger partial charge in [-0.2, -0.15) is 0 Å². The minimum atomic E-state index is 0.248. The molecule has 2 nitrogen and oxygen atoms in total. The van der Waals surface area contributed by atoms with Gasteiger partial charge in [-0.25, -0.2) is 0 Å². The molecule has 1 N–H and O–H groups in total. The predicted octanol–water partition coefficient (Wildman–Crippen LogP) is 2.70. The molecule has 2 unspecified atom stereocenters. The third kappa shape index (κ3) is 3.37. The first kappa shape index (κ1) is 11.3. The van der Waals surface area contributed by atoms with E-state index in [0.717, 1.165) is 25.8 Å². The number of nitrogens with one attached hydrogen (secondary N) is 1. The highest BCUT2D eigenvalue weighted by Crippen LogP contribution is 2.30. The molecule has 2 aliphatic rings. The van der Waals surface area contributed by atoms with Crippen LogP contribution in [-0.4, -0.2) is 17.8 Å². The average Bonchev–Trinajstić information content (AvgIpc) is 2.55. The van der Waals surface area contributed by atoms with E-state index in [4.69, 9.17) is 11.6 Å². The lowest BCUT2D eigenvalue weighted by Crippen LogP contribution is -2.31. The third-order valence-corrected chi connectivity index (χ3v) is 4.16. The monoisotopic (exact) mass is 229 g/mol. The van der Waals surface area contributed by atoms with Crippen LogP contribution in [0.5, 0.6) is 0 Å². The predicted molar refractivity (Wildman–Crippen MR) is 61.9 cm³/mol. The summed E-state index contributed by atoms with van der Waals surface area (Å²) in [7, 11) is 0. The first-order chi connectivity index (χ1) is 7.24. The van der Waals surface area contributed by atoms with E-state index in [0.29, 0.717) is 17.2 Å². The van der Waals surface area contributed by atoms with Crippen molar-refractivity contribution in [1.29, 1.82) is 0 Å². The minimum Gasteiger partial charge on any atom is -0.356 e. The van der Waals surface area contributed by atoms with Crippen LogP contribution in [0.4, 0.5) is 0 Å². The number of carbonyl (C=O) groups excluding carboxylic acids is 1. The van der Waals surface area contributed by atoms with E-state index in [2.05, 4.69) is 5.32 Å². The molecule has 2 aliphatic carbocycles. The van der Waals surface area contributed by atoms with Gasteiger partial charge in [0.25, 0.3) is 0 Å². The van der Waals surface area contributed by atoms with E-state index in [-0.39, 0.29) is 5.91 Å². The average molecular weight is 230 g/mol. The third-order valence-electron chi connectivity index (χ3n) is 3.76. The summed E-state index contributed by atoms with van der Waals surface area (Å²) in [5.41, 5.74) is 0. The number of hydrogen-bond acceptors (Lipinski definition) is 1. The van der Waals surface area contributed by atoms with Gasteiger partial charge in [0.15, 0.2) is 0 Å². The summed E-state index contributed by atoms with van der Waals surface area (Å²) in [5.74, 6) is 1.55. The van der Waals surface area contributed by atoms with E-state index in [1.165, 1.54) is 25.7 Å². The van der Waals surface area contributed by atoms with E-state index in [9.17, 15) is 4.79 Å². The fourth-order valence-electron chi connectivity index (χ4n) is 2.49. The number of hydrogen-bond donors (Lipinski definition) is 1. The molecule has 0 aliphatic heterocycles. The molecular formula is C12H20ClNO.